The summed E-state index contributed by atoms with van der Waals surface area (Å²) in [5, 5.41) is 0. The molecule has 0 unspecified atom stereocenters. The van der Waals surface area contributed by atoms with Crippen LogP contribution < -0.4 is 5.56 Å². The Labute approximate surface area is 76.3 Å². The molecular formula is C7H5ClF3NO. The summed E-state index contributed by atoms with van der Waals surface area (Å²) in [7, 11) is 0. The van der Waals surface area contributed by atoms with Crippen molar-refractivity contribution in [3.63, 3.8) is 0 Å². The van der Waals surface area contributed by atoms with Gasteiger partial charge in [-0.2, -0.15) is 13.2 Å². The van der Waals surface area contributed by atoms with Crippen molar-refractivity contribution in [2.45, 2.75) is 12.1 Å². The zero-order valence-corrected chi connectivity index (χ0v) is 7.04. The maximum Gasteiger partial charge on any atom is 0.416 e. The van der Waals surface area contributed by atoms with E-state index in [1.54, 1.807) is 0 Å². The predicted molar refractivity (Wildman–Crippen MR) is 41.6 cm³/mol. The van der Waals surface area contributed by atoms with Crippen LogP contribution in [0.5, 0.6) is 0 Å². The van der Waals surface area contributed by atoms with E-state index in [9.17, 15) is 18.0 Å². The molecule has 13 heavy (non-hydrogen) atoms. The fraction of sp³-hybridized carbons (Fsp3) is 0.286. The van der Waals surface area contributed by atoms with Crippen LogP contribution in [0.15, 0.2) is 16.9 Å². The zero-order valence-electron chi connectivity index (χ0n) is 6.28. The lowest BCUT2D eigenvalue weighted by atomic mass is 10.2. The molecule has 2 nitrogen and oxygen atoms in total. The average molecular weight is 212 g/mol. The molecule has 1 N–H and O–H groups in total. The number of hydrogen-bond donors (Lipinski definition) is 1. The van der Waals surface area contributed by atoms with Crippen LogP contribution in [0, 0.1) is 0 Å². The lowest BCUT2D eigenvalue weighted by Gasteiger charge is -2.06. The van der Waals surface area contributed by atoms with E-state index in [1.807, 2.05) is 0 Å². The minimum atomic E-state index is -4.50. The Kier molecular flexibility index (Phi) is 2.66. The molecule has 0 fully saturated rings. The van der Waals surface area contributed by atoms with Crippen LogP contribution in [-0.4, -0.2) is 4.98 Å². The second-order valence-electron chi connectivity index (χ2n) is 2.39. The minimum Gasteiger partial charge on any atom is -0.325 e. The van der Waals surface area contributed by atoms with Crippen molar-refractivity contribution in [2.24, 2.45) is 0 Å². The summed E-state index contributed by atoms with van der Waals surface area (Å²) < 4.78 is 36.3. The summed E-state index contributed by atoms with van der Waals surface area (Å²) in [6.45, 7) is 0. The Balaban J connectivity index is 3.24. The Morgan fingerprint density at radius 1 is 1.38 bits per heavy atom. The molecule has 0 aliphatic heterocycles. The Bertz CT molecular complexity index is 357. The first-order valence-corrected chi connectivity index (χ1v) is 3.83. The molecule has 0 bridgehead atoms. The highest BCUT2D eigenvalue weighted by molar-refractivity contribution is 6.16. The first-order chi connectivity index (χ1) is 5.93. The topological polar surface area (TPSA) is 32.9 Å². The maximum atomic E-state index is 12.1. The monoisotopic (exact) mass is 211 g/mol. The fourth-order valence-corrected chi connectivity index (χ4v) is 0.981. The van der Waals surface area contributed by atoms with Gasteiger partial charge in [0.05, 0.1) is 11.4 Å². The third kappa shape index (κ3) is 2.48. The standard InChI is InChI=1S/C7H5ClF3NO/c8-3-5-1-4(7(9,10)11)2-6(13)12-5/h1-2H,3H2,(H,12,13). The number of H-pyrrole nitrogens is 1. The highest BCUT2D eigenvalue weighted by Crippen LogP contribution is 2.28. The van der Waals surface area contributed by atoms with E-state index in [1.165, 1.54) is 0 Å². The van der Waals surface area contributed by atoms with E-state index in [4.69, 9.17) is 11.6 Å². The van der Waals surface area contributed by atoms with Crippen LogP contribution >= 0.6 is 11.6 Å². The van der Waals surface area contributed by atoms with Gasteiger partial charge in [-0.1, -0.05) is 0 Å². The predicted octanol–water partition coefficient (Wildman–Crippen LogP) is 2.13. The molecule has 0 radical (unpaired) electrons. The number of halogens is 4. The largest absolute Gasteiger partial charge is 0.416 e. The summed E-state index contributed by atoms with van der Waals surface area (Å²) in [5.74, 6) is -0.154. The number of rotatable bonds is 1. The molecule has 0 aromatic carbocycles. The van der Waals surface area contributed by atoms with Crippen molar-refractivity contribution in [3.8, 4) is 0 Å². The number of pyridine rings is 1. The van der Waals surface area contributed by atoms with Crippen LogP contribution in [-0.2, 0) is 12.1 Å². The number of hydrogen-bond acceptors (Lipinski definition) is 1. The molecule has 1 aromatic rings. The van der Waals surface area contributed by atoms with E-state index in [-0.39, 0.29) is 11.6 Å². The average Bonchev–Trinajstić information content (AvgIpc) is 2.01. The van der Waals surface area contributed by atoms with Gasteiger partial charge in [0.25, 0.3) is 0 Å². The molecule has 1 heterocycles. The second kappa shape index (κ2) is 3.41. The fourth-order valence-electron chi connectivity index (χ4n) is 0.837. The van der Waals surface area contributed by atoms with Crippen LogP contribution in [0.25, 0.3) is 0 Å². The molecule has 72 valence electrons. The molecule has 1 aromatic heterocycles. The zero-order chi connectivity index (χ0) is 10.1. The van der Waals surface area contributed by atoms with E-state index in [0.29, 0.717) is 6.07 Å². The summed E-state index contributed by atoms with van der Waals surface area (Å²) in [6.07, 6.45) is -4.50. The SMILES string of the molecule is O=c1cc(C(F)(F)F)cc(CCl)[nH]1. The van der Waals surface area contributed by atoms with Gasteiger partial charge in [-0.15, -0.1) is 11.6 Å². The molecular weight excluding hydrogens is 207 g/mol. The molecule has 0 aliphatic rings. The summed E-state index contributed by atoms with van der Waals surface area (Å²) in [4.78, 5) is 12.9. The number of nitrogens with one attached hydrogen (secondary N) is 1. The van der Waals surface area contributed by atoms with Gasteiger partial charge >= 0.3 is 6.18 Å². The smallest absolute Gasteiger partial charge is 0.325 e. The normalized spacial score (nSPS) is 11.7. The Morgan fingerprint density at radius 2 is 2.00 bits per heavy atom. The highest BCUT2D eigenvalue weighted by Gasteiger charge is 2.31. The third-order valence-electron chi connectivity index (χ3n) is 1.37. The lowest BCUT2D eigenvalue weighted by Crippen LogP contribution is -2.14. The molecule has 0 spiro atoms. The summed E-state index contributed by atoms with van der Waals surface area (Å²) in [5.41, 5.74) is -1.72. The van der Waals surface area contributed by atoms with Gasteiger partial charge in [0.2, 0.25) is 5.56 Å². The van der Waals surface area contributed by atoms with Crippen molar-refractivity contribution in [1.29, 1.82) is 0 Å². The van der Waals surface area contributed by atoms with E-state index in [2.05, 4.69) is 4.98 Å². The van der Waals surface area contributed by atoms with E-state index in [0.717, 1.165) is 6.07 Å². The van der Waals surface area contributed by atoms with Crippen molar-refractivity contribution in [2.75, 3.05) is 0 Å². The number of aromatic nitrogens is 1. The van der Waals surface area contributed by atoms with Gasteiger partial charge in [0.1, 0.15) is 0 Å². The molecule has 0 saturated heterocycles. The van der Waals surface area contributed by atoms with Gasteiger partial charge < -0.3 is 4.98 Å². The maximum absolute atomic E-state index is 12.1. The minimum absolute atomic E-state index is 0.0569. The van der Waals surface area contributed by atoms with E-state index < -0.39 is 17.3 Å². The van der Waals surface area contributed by atoms with Crippen LogP contribution in [0.1, 0.15) is 11.3 Å². The van der Waals surface area contributed by atoms with Gasteiger partial charge in [-0.25, -0.2) is 0 Å². The van der Waals surface area contributed by atoms with Crippen molar-refractivity contribution in [3.05, 3.63) is 33.7 Å². The Morgan fingerprint density at radius 3 is 2.46 bits per heavy atom. The van der Waals surface area contributed by atoms with E-state index >= 15 is 0 Å². The summed E-state index contributed by atoms with van der Waals surface area (Å²) in [6, 6.07) is 1.31. The van der Waals surface area contributed by atoms with Gasteiger partial charge in [0, 0.05) is 11.8 Å². The first kappa shape index (κ1) is 10.1. The number of aromatic amines is 1. The van der Waals surface area contributed by atoms with Gasteiger partial charge in [0.15, 0.2) is 0 Å². The molecule has 1 rings (SSSR count). The second-order valence-corrected chi connectivity index (χ2v) is 2.66. The van der Waals surface area contributed by atoms with Crippen LogP contribution in [0.3, 0.4) is 0 Å². The van der Waals surface area contributed by atoms with Crippen LogP contribution in [0.2, 0.25) is 0 Å². The quantitative estimate of drug-likeness (QED) is 0.710. The molecule has 6 heteroatoms. The molecule has 0 aliphatic carbocycles. The van der Waals surface area contributed by atoms with Crippen molar-refractivity contribution in [1.82, 2.24) is 4.98 Å². The molecule has 0 saturated carbocycles. The summed E-state index contributed by atoms with van der Waals surface area (Å²) >= 11 is 5.28. The van der Waals surface area contributed by atoms with Crippen LogP contribution in [0.4, 0.5) is 13.2 Å². The third-order valence-corrected chi connectivity index (χ3v) is 1.66. The molecule has 0 amide bonds. The van der Waals surface area contributed by atoms with Gasteiger partial charge in [-0.3, -0.25) is 4.79 Å². The van der Waals surface area contributed by atoms with Crippen molar-refractivity contribution < 1.29 is 13.2 Å². The Hall–Kier alpha value is -0.970. The molecule has 0 atom stereocenters. The van der Waals surface area contributed by atoms with Crippen molar-refractivity contribution >= 4 is 11.6 Å². The van der Waals surface area contributed by atoms with Gasteiger partial charge in [-0.05, 0) is 6.07 Å². The first-order valence-electron chi connectivity index (χ1n) is 3.30. The lowest BCUT2D eigenvalue weighted by molar-refractivity contribution is -0.137. The highest BCUT2D eigenvalue weighted by atomic mass is 35.5. The number of alkyl halides is 4.